The molecule has 1 N–H and O–H groups in total. The number of rotatable bonds is 3. The predicted octanol–water partition coefficient (Wildman–Crippen LogP) is 3.29. The monoisotopic (exact) mass is 249 g/mol. The van der Waals surface area contributed by atoms with E-state index in [1.54, 1.807) is 6.07 Å². The van der Waals surface area contributed by atoms with E-state index in [1.807, 2.05) is 18.2 Å². The molecule has 0 unspecified atom stereocenters. The van der Waals surface area contributed by atoms with Crippen molar-refractivity contribution in [1.82, 2.24) is 5.32 Å². The van der Waals surface area contributed by atoms with Crippen molar-refractivity contribution < 1.29 is 4.79 Å². The lowest BCUT2D eigenvalue weighted by atomic mass is 9.89. The van der Waals surface area contributed by atoms with Gasteiger partial charge in [-0.2, -0.15) is 0 Å². The normalized spacial score (nSPS) is 16.8. The average molecular weight is 249 g/mol. The second-order valence-electron chi connectivity index (χ2n) is 4.76. The minimum absolute atomic E-state index is 0.0199. The van der Waals surface area contributed by atoms with Gasteiger partial charge in [0, 0.05) is 17.0 Å². The lowest BCUT2D eigenvalue weighted by Gasteiger charge is -2.21. The zero-order valence-electron chi connectivity index (χ0n) is 9.98. The molecule has 1 aromatic carbocycles. The average Bonchev–Trinajstić information content (AvgIpc) is 2.37. The van der Waals surface area contributed by atoms with Crippen LogP contribution < -0.4 is 5.32 Å². The smallest absolute Gasteiger partial charge is 0.251 e. The molecule has 0 radical (unpaired) electrons. The van der Waals surface area contributed by atoms with Gasteiger partial charge in [-0.1, -0.05) is 25.3 Å². The van der Waals surface area contributed by atoms with E-state index in [-0.39, 0.29) is 5.91 Å². The Balaban J connectivity index is 1.84. The Morgan fingerprint density at radius 3 is 2.76 bits per heavy atom. The summed E-state index contributed by atoms with van der Waals surface area (Å²) in [7, 11) is 0. The standard InChI is InChI=1S/C14H19NOS/c16-14(12-7-4-8-13(17)9-12)15-10-11-5-2-1-3-6-11/h4,7-9,11,17H,1-3,5-6,10H2,(H,15,16). The number of hydrogen-bond acceptors (Lipinski definition) is 2. The van der Waals surface area contributed by atoms with Crippen LogP contribution in [0.15, 0.2) is 29.2 Å². The van der Waals surface area contributed by atoms with Gasteiger partial charge in [0.2, 0.25) is 0 Å². The summed E-state index contributed by atoms with van der Waals surface area (Å²) in [6.07, 6.45) is 6.49. The highest BCUT2D eigenvalue weighted by Gasteiger charge is 2.14. The van der Waals surface area contributed by atoms with Crippen molar-refractivity contribution in [2.75, 3.05) is 6.54 Å². The van der Waals surface area contributed by atoms with Gasteiger partial charge in [0.1, 0.15) is 0 Å². The minimum Gasteiger partial charge on any atom is -0.352 e. The summed E-state index contributed by atoms with van der Waals surface area (Å²) in [5, 5.41) is 3.02. The fourth-order valence-electron chi connectivity index (χ4n) is 2.38. The zero-order valence-corrected chi connectivity index (χ0v) is 10.9. The van der Waals surface area contributed by atoms with Crippen molar-refractivity contribution in [3.05, 3.63) is 29.8 Å². The molecule has 1 fully saturated rings. The van der Waals surface area contributed by atoms with Crippen LogP contribution in [0.4, 0.5) is 0 Å². The number of carbonyl (C=O) groups excluding carboxylic acids is 1. The molecule has 0 aliphatic heterocycles. The number of nitrogens with one attached hydrogen (secondary N) is 1. The van der Waals surface area contributed by atoms with Crippen molar-refractivity contribution in [2.24, 2.45) is 5.92 Å². The Bertz CT molecular complexity index is 386. The van der Waals surface area contributed by atoms with Crippen LogP contribution in [-0.4, -0.2) is 12.5 Å². The van der Waals surface area contributed by atoms with Crippen molar-refractivity contribution in [3.63, 3.8) is 0 Å². The first-order valence-electron chi connectivity index (χ1n) is 6.33. The molecule has 92 valence electrons. The van der Waals surface area contributed by atoms with E-state index in [0.717, 1.165) is 11.4 Å². The van der Waals surface area contributed by atoms with Crippen LogP contribution in [-0.2, 0) is 0 Å². The fourth-order valence-corrected chi connectivity index (χ4v) is 2.60. The van der Waals surface area contributed by atoms with Crippen LogP contribution in [0.3, 0.4) is 0 Å². The van der Waals surface area contributed by atoms with E-state index < -0.39 is 0 Å². The van der Waals surface area contributed by atoms with Gasteiger partial charge >= 0.3 is 0 Å². The number of thiol groups is 1. The van der Waals surface area contributed by atoms with Crippen LogP contribution in [0.1, 0.15) is 42.5 Å². The number of amides is 1. The molecule has 3 heteroatoms. The first kappa shape index (κ1) is 12.5. The predicted molar refractivity (Wildman–Crippen MR) is 72.6 cm³/mol. The maximum absolute atomic E-state index is 11.9. The summed E-state index contributed by atoms with van der Waals surface area (Å²) in [4.78, 5) is 12.7. The Morgan fingerprint density at radius 2 is 2.06 bits per heavy atom. The van der Waals surface area contributed by atoms with E-state index in [1.165, 1.54) is 32.1 Å². The SMILES string of the molecule is O=C(NCC1CCCCC1)c1cccc(S)c1. The Kier molecular flexibility index (Phi) is 4.49. The lowest BCUT2D eigenvalue weighted by molar-refractivity contribution is 0.0943. The Morgan fingerprint density at radius 1 is 1.29 bits per heavy atom. The molecule has 0 spiro atoms. The molecule has 0 bridgehead atoms. The molecule has 17 heavy (non-hydrogen) atoms. The maximum atomic E-state index is 11.9. The third-order valence-electron chi connectivity index (χ3n) is 3.38. The van der Waals surface area contributed by atoms with Crippen molar-refractivity contribution in [1.29, 1.82) is 0 Å². The molecule has 1 aliphatic rings. The van der Waals surface area contributed by atoms with E-state index in [0.29, 0.717) is 11.5 Å². The van der Waals surface area contributed by atoms with E-state index in [2.05, 4.69) is 17.9 Å². The van der Waals surface area contributed by atoms with Crippen LogP contribution in [0.25, 0.3) is 0 Å². The third kappa shape index (κ3) is 3.77. The van der Waals surface area contributed by atoms with Crippen LogP contribution in [0.2, 0.25) is 0 Å². The number of carbonyl (C=O) groups is 1. The summed E-state index contributed by atoms with van der Waals surface area (Å²) in [5.41, 5.74) is 0.702. The van der Waals surface area contributed by atoms with Gasteiger partial charge in [0.25, 0.3) is 5.91 Å². The van der Waals surface area contributed by atoms with Gasteiger partial charge in [-0.15, -0.1) is 12.6 Å². The van der Waals surface area contributed by atoms with Gasteiger partial charge in [0.05, 0.1) is 0 Å². The summed E-state index contributed by atoms with van der Waals surface area (Å²) < 4.78 is 0. The highest BCUT2D eigenvalue weighted by atomic mass is 32.1. The van der Waals surface area contributed by atoms with E-state index in [9.17, 15) is 4.79 Å². The molecule has 0 aromatic heterocycles. The molecule has 1 aliphatic carbocycles. The zero-order chi connectivity index (χ0) is 12.1. The summed E-state index contributed by atoms with van der Waals surface area (Å²) in [5.74, 6) is 0.693. The summed E-state index contributed by atoms with van der Waals surface area (Å²) >= 11 is 4.24. The topological polar surface area (TPSA) is 29.1 Å². The van der Waals surface area contributed by atoms with Crippen molar-refractivity contribution in [2.45, 2.75) is 37.0 Å². The van der Waals surface area contributed by atoms with Gasteiger partial charge in [-0.05, 0) is 37.0 Å². The maximum Gasteiger partial charge on any atom is 0.251 e. The first-order chi connectivity index (χ1) is 8.25. The largest absolute Gasteiger partial charge is 0.352 e. The van der Waals surface area contributed by atoms with Gasteiger partial charge in [-0.25, -0.2) is 0 Å². The fraction of sp³-hybridized carbons (Fsp3) is 0.500. The molecular weight excluding hydrogens is 230 g/mol. The molecule has 2 nitrogen and oxygen atoms in total. The van der Waals surface area contributed by atoms with Gasteiger partial charge in [0.15, 0.2) is 0 Å². The van der Waals surface area contributed by atoms with Gasteiger partial charge < -0.3 is 5.32 Å². The van der Waals surface area contributed by atoms with Gasteiger partial charge in [-0.3, -0.25) is 4.79 Å². The molecule has 1 amide bonds. The van der Waals surface area contributed by atoms with E-state index in [4.69, 9.17) is 0 Å². The quantitative estimate of drug-likeness (QED) is 0.791. The summed E-state index contributed by atoms with van der Waals surface area (Å²) in [6, 6.07) is 7.37. The summed E-state index contributed by atoms with van der Waals surface area (Å²) in [6.45, 7) is 0.815. The molecule has 1 aromatic rings. The first-order valence-corrected chi connectivity index (χ1v) is 6.77. The van der Waals surface area contributed by atoms with Crippen LogP contribution >= 0.6 is 12.6 Å². The second kappa shape index (κ2) is 6.10. The lowest BCUT2D eigenvalue weighted by Crippen LogP contribution is -2.30. The van der Waals surface area contributed by atoms with Crippen LogP contribution in [0.5, 0.6) is 0 Å². The van der Waals surface area contributed by atoms with Crippen molar-refractivity contribution >= 4 is 18.5 Å². The number of benzene rings is 1. The highest BCUT2D eigenvalue weighted by Crippen LogP contribution is 2.22. The third-order valence-corrected chi connectivity index (χ3v) is 3.66. The molecule has 1 saturated carbocycles. The molecule has 0 atom stereocenters. The van der Waals surface area contributed by atoms with E-state index >= 15 is 0 Å². The number of hydrogen-bond donors (Lipinski definition) is 2. The Hall–Kier alpha value is -0.960. The molecular formula is C14H19NOS. The molecule has 2 rings (SSSR count). The van der Waals surface area contributed by atoms with Crippen LogP contribution in [0, 0.1) is 5.92 Å². The minimum atomic E-state index is 0.0199. The Labute approximate surface area is 108 Å². The highest BCUT2D eigenvalue weighted by molar-refractivity contribution is 7.80. The molecule has 0 heterocycles. The van der Waals surface area contributed by atoms with Crippen molar-refractivity contribution in [3.8, 4) is 0 Å². The second-order valence-corrected chi connectivity index (χ2v) is 5.28. The molecule has 0 saturated heterocycles.